The molecule has 16 heavy (non-hydrogen) atoms. The van der Waals surface area contributed by atoms with Gasteiger partial charge in [0, 0.05) is 25.8 Å². The summed E-state index contributed by atoms with van der Waals surface area (Å²) >= 11 is 0. The van der Waals surface area contributed by atoms with E-state index in [1.165, 1.54) is 0 Å². The average molecular weight is 241 g/mol. The number of nitrogens with two attached hydrogens (primary N) is 1. The SMILES string of the molecule is Nc1cc(CN2CCS(=O)(=O)CC2)ccn1. The van der Waals surface area contributed by atoms with Crippen molar-refractivity contribution < 1.29 is 8.42 Å². The van der Waals surface area contributed by atoms with E-state index in [1.807, 2.05) is 12.1 Å². The van der Waals surface area contributed by atoms with Crippen LogP contribution in [0.3, 0.4) is 0 Å². The second kappa shape index (κ2) is 4.39. The normalized spacial score (nSPS) is 20.8. The lowest BCUT2D eigenvalue weighted by atomic mass is 10.2. The molecule has 0 unspecified atom stereocenters. The van der Waals surface area contributed by atoms with E-state index in [2.05, 4.69) is 9.88 Å². The van der Waals surface area contributed by atoms with Crippen LogP contribution in [0.5, 0.6) is 0 Å². The quantitative estimate of drug-likeness (QED) is 0.782. The number of nitrogen functional groups attached to an aromatic ring is 1. The van der Waals surface area contributed by atoms with Gasteiger partial charge >= 0.3 is 0 Å². The highest BCUT2D eigenvalue weighted by Crippen LogP contribution is 2.10. The highest BCUT2D eigenvalue weighted by Gasteiger charge is 2.21. The molecule has 0 bridgehead atoms. The van der Waals surface area contributed by atoms with Gasteiger partial charge in [0.2, 0.25) is 0 Å². The standard InChI is InChI=1S/C10H15N3O2S/c11-10-7-9(1-2-12-10)8-13-3-5-16(14,15)6-4-13/h1-2,7H,3-6,8H2,(H2,11,12). The maximum Gasteiger partial charge on any atom is 0.152 e. The van der Waals surface area contributed by atoms with Gasteiger partial charge in [-0.1, -0.05) is 0 Å². The number of hydrogen-bond donors (Lipinski definition) is 1. The van der Waals surface area contributed by atoms with Crippen LogP contribution in [-0.2, 0) is 16.4 Å². The molecule has 2 heterocycles. The molecule has 0 radical (unpaired) electrons. The monoisotopic (exact) mass is 241 g/mol. The fraction of sp³-hybridized carbons (Fsp3) is 0.500. The summed E-state index contributed by atoms with van der Waals surface area (Å²) in [6, 6.07) is 3.72. The molecule has 0 aliphatic carbocycles. The zero-order chi connectivity index (χ0) is 11.6. The Labute approximate surface area is 95.2 Å². The Morgan fingerprint density at radius 2 is 2.06 bits per heavy atom. The molecule has 5 nitrogen and oxygen atoms in total. The molecule has 0 atom stereocenters. The van der Waals surface area contributed by atoms with Crippen molar-refractivity contribution in [2.45, 2.75) is 6.54 Å². The minimum atomic E-state index is -2.79. The summed E-state index contributed by atoms with van der Waals surface area (Å²) in [5.74, 6) is 1.02. The number of anilines is 1. The van der Waals surface area contributed by atoms with E-state index < -0.39 is 9.84 Å². The molecule has 1 fully saturated rings. The summed E-state index contributed by atoms with van der Waals surface area (Å²) < 4.78 is 22.5. The van der Waals surface area contributed by atoms with Crippen LogP contribution in [0, 0.1) is 0 Å². The number of hydrogen-bond acceptors (Lipinski definition) is 5. The Hall–Kier alpha value is -1.14. The van der Waals surface area contributed by atoms with Crippen LogP contribution in [0.2, 0.25) is 0 Å². The summed E-state index contributed by atoms with van der Waals surface area (Å²) in [5.41, 5.74) is 6.66. The number of nitrogens with zero attached hydrogens (tertiary/aromatic N) is 2. The molecule has 0 amide bonds. The van der Waals surface area contributed by atoms with Crippen molar-refractivity contribution in [3.05, 3.63) is 23.9 Å². The molecule has 0 aromatic carbocycles. The predicted octanol–water partition coefficient (Wildman–Crippen LogP) is -0.106. The molecule has 0 saturated carbocycles. The van der Waals surface area contributed by atoms with Crippen LogP contribution in [0.1, 0.15) is 5.56 Å². The van der Waals surface area contributed by atoms with Crippen molar-refractivity contribution in [2.75, 3.05) is 30.3 Å². The highest BCUT2D eigenvalue weighted by molar-refractivity contribution is 7.91. The third-order valence-corrected chi connectivity index (χ3v) is 4.30. The van der Waals surface area contributed by atoms with Crippen molar-refractivity contribution in [3.63, 3.8) is 0 Å². The number of aromatic nitrogens is 1. The molecule has 1 aromatic rings. The Kier molecular flexibility index (Phi) is 3.11. The van der Waals surface area contributed by atoms with E-state index >= 15 is 0 Å². The van der Waals surface area contributed by atoms with E-state index in [0.29, 0.717) is 18.9 Å². The van der Waals surface area contributed by atoms with Gasteiger partial charge in [-0.15, -0.1) is 0 Å². The number of sulfone groups is 1. The lowest BCUT2D eigenvalue weighted by molar-refractivity contribution is 0.287. The van der Waals surface area contributed by atoms with Crippen LogP contribution < -0.4 is 5.73 Å². The van der Waals surface area contributed by atoms with E-state index in [4.69, 9.17) is 5.73 Å². The van der Waals surface area contributed by atoms with Gasteiger partial charge in [0.1, 0.15) is 5.82 Å². The van der Waals surface area contributed by atoms with Gasteiger partial charge in [-0.2, -0.15) is 0 Å². The van der Waals surface area contributed by atoms with Gasteiger partial charge < -0.3 is 5.73 Å². The van der Waals surface area contributed by atoms with E-state index in [-0.39, 0.29) is 11.5 Å². The van der Waals surface area contributed by atoms with Crippen LogP contribution in [0.25, 0.3) is 0 Å². The first-order valence-electron chi connectivity index (χ1n) is 5.18. The predicted molar refractivity (Wildman–Crippen MR) is 62.6 cm³/mol. The third kappa shape index (κ3) is 2.93. The molecular weight excluding hydrogens is 226 g/mol. The average Bonchev–Trinajstić information content (AvgIpc) is 2.21. The Balaban J connectivity index is 1.97. The summed E-state index contributed by atoms with van der Waals surface area (Å²) in [6.45, 7) is 1.94. The topological polar surface area (TPSA) is 76.3 Å². The van der Waals surface area contributed by atoms with Crippen molar-refractivity contribution in [3.8, 4) is 0 Å². The summed E-state index contributed by atoms with van der Waals surface area (Å²) in [4.78, 5) is 6.04. The van der Waals surface area contributed by atoms with E-state index in [9.17, 15) is 8.42 Å². The molecule has 1 saturated heterocycles. The first-order chi connectivity index (χ1) is 7.55. The van der Waals surface area contributed by atoms with Crippen LogP contribution in [-0.4, -0.2) is 42.9 Å². The fourth-order valence-electron chi connectivity index (χ4n) is 1.76. The minimum Gasteiger partial charge on any atom is -0.384 e. The summed E-state index contributed by atoms with van der Waals surface area (Å²) in [7, 11) is -2.79. The Bertz CT molecular complexity index is 459. The summed E-state index contributed by atoms with van der Waals surface area (Å²) in [5, 5.41) is 0. The molecule has 6 heteroatoms. The molecule has 2 N–H and O–H groups in total. The van der Waals surface area contributed by atoms with Crippen molar-refractivity contribution >= 4 is 15.7 Å². The zero-order valence-corrected chi connectivity index (χ0v) is 9.78. The first-order valence-corrected chi connectivity index (χ1v) is 7.00. The fourth-order valence-corrected chi connectivity index (χ4v) is 3.04. The van der Waals surface area contributed by atoms with Gasteiger partial charge in [-0.25, -0.2) is 13.4 Å². The number of rotatable bonds is 2. The van der Waals surface area contributed by atoms with E-state index in [1.54, 1.807) is 6.20 Å². The third-order valence-electron chi connectivity index (χ3n) is 2.69. The van der Waals surface area contributed by atoms with Crippen LogP contribution in [0.4, 0.5) is 5.82 Å². The van der Waals surface area contributed by atoms with Gasteiger partial charge in [0.05, 0.1) is 11.5 Å². The lowest BCUT2D eigenvalue weighted by Crippen LogP contribution is -2.39. The van der Waals surface area contributed by atoms with Gasteiger partial charge in [-0.05, 0) is 17.7 Å². The van der Waals surface area contributed by atoms with Gasteiger partial charge in [0.25, 0.3) is 0 Å². The van der Waals surface area contributed by atoms with Crippen molar-refractivity contribution in [2.24, 2.45) is 0 Å². The molecule has 1 aromatic heterocycles. The zero-order valence-electron chi connectivity index (χ0n) is 8.96. The molecule has 0 spiro atoms. The molecule has 1 aliphatic heterocycles. The molecular formula is C10H15N3O2S. The van der Waals surface area contributed by atoms with E-state index in [0.717, 1.165) is 12.1 Å². The maximum atomic E-state index is 11.2. The van der Waals surface area contributed by atoms with Crippen LogP contribution in [0.15, 0.2) is 18.3 Å². The van der Waals surface area contributed by atoms with Crippen molar-refractivity contribution in [1.29, 1.82) is 0 Å². The number of pyridine rings is 1. The smallest absolute Gasteiger partial charge is 0.152 e. The summed E-state index contributed by atoms with van der Waals surface area (Å²) in [6.07, 6.45) is 1.67. The molecule has 1 aliphatic rings. The maximum absolute atomic E-state index is 11.2. The second-order valence-corrected chi connectivity index (χ2v) is 6.32. The Morgan fingerprint density at radius 3 is 2.69 bits per heavy atom. The first kappa shape index (κ1) is 11.3. The second-order valence-electron chi connectivity index (χ2n) is 4.02. The lowest BCUT2D eigenvalue weighted by Gasteiger charge is -2.26. The molecule has 2 rings (SSSR count). The minimum absolute atomic E-state index is 0.258. The van der Waals surface area contributed by atoms with Crippen molar-refractivity contribution in [1.82, 2.24) is 9.88 Å². The van der Waals surface area contributed by atoms with Crippen LogP contribution >= 0.6 is 0 Å². The largest absolute Gasteiger partial charge is 0.384 e. The Morgan fingerprint density at radius 1 is 1.38 bits per heavy atom. The van der Waals surface area contributed by atoms with Gasteiger partial charge in [-0.3, -0.25) is 4.90 Å². The highest BCUT2D eigenvalue weighted by atomic mass is 32.2. The van der Waals surface area contributed by atoms with Gasteiger partial charge in [0.15, 0.2) is 9.84 Å². The molecule has 88 valence electrons.